The van der Waals surface area contributed by atoms with Crippen molar-refractivity contribution >= 4 is 5.97 Å². The summed E-state index contributed by atoms with van der Waals surface area (Å²) < 4.78 is 17.7. The zero-order chi connectivity index (χ0) is 11.4. The Hall–Kier alpha value is -1.78. The van der Waals surface area contributed by atoms with E-state index in [1.807, 2.05) is 0 Å². The van der Waals surface area contributed by atoms with Crippen molar-refractivity contribution < 1.29 is 24.1 Å². The van der Waals surface area contributed by atoms with Crippen molar-refractivity contribution in [3.63, 3.8) is 0 Å². The molecule has 0 bridgehead atoms. The minimum absolute atomic E-state index is 0.00347. The zero-order valence-electron chi connectivity index (χ0n) is 8.16. The summed E-state index contributed by atoms with van der Waals surface area (Å²) in [6, 6.07) is 2.48. The summed E-state index contributed by atoms with van der Waals surface area (Å²) in [5.74, 6) is -2.33. The van der Waals surface area contributed by atoms with E-state index in [-0.39, 0.29) is 18.6 Å². The van der Waals surface area contributed by atoms with Crippen molar-refractivity contribution in [1.82, 2.24) is 0 Å². The number of benzene rings is 1. The highest BCUT2D eigenvalue weighted by Gasteiger charge is 2.13. The highest BCUT2D eigenvalue weighted by molar-refractivity contribution is 5.67. The summed E-state index contributed by atoms with van der Waals surface area (Å²) in [5.41, 5.74) is 0.471. The van der Waals surface area contributed by atoms with Crippen molar-refractivity contribution in [3.05, 3.63) is 23.5 Å². The van der Waals surface area contributed by atoms with Crippen LogP contribution in [0.3, 0.4) is 0 Å². The number of hydrogen-bond donors (Lipinski definition) is 2. The third kappa shape index (κ3) is 2.59. The molecule has 0 aliphatic carbocycles. The Labute approximate surface area is 85.9 Å². The van der Waals surface area contributed by atoms with Crippen LogP contribution in [0.4, 0.5) is 4.39 Å². The van der Waals surface area contributed by atoms with Crippen LogP contribution >= 0.6 is 0 Å². The first kappa shape index (κ1) is 11.3. The standard InChI is InChI=1S/C10H11FO4/c1-15-10-6(3-5-8(12)13)2-4-7(11)9(10)14/h2,4,14H,3,5H2,1H3,(H,12,13). The van der Waals surface area contributed by atoms with Gasteiger partial charge in [-0.2, -0.15) is 0 Å². The van der Waals surface area contributed by atoms with Crippen molar-refractivity contribution in [2.45, 2.75) is 12.8 Å². The van der Waals surface area contributed by atoms with Gasteiger partial charge in [-0.3, -0.25) is 4.79 Å². The lowest BCUT2D eigenvalue weighted by molar-refractivity contribution is -0.136. The second-order valence-electron chi connectivity index (χ2n) is 2.98. The third-order valence-corrected chi connectivity index (χ3v) is 1.98. The molecule has 0 spiro atoms. The highest BCUT2D eigenvalue weighted by atomic mass is 19.1. The molecule has 0 atom stereocenters. The number of phenolic OH excluding ortho intramolecular Hbond substituents is 1. The van der Waals surface area contributed by atoms with Gasteiger partial charge in [0.25, 0.3) is 0 Å². The first-order valence-electron chi connectivity index (χ1n) is 4.32. The van der Waals surface area contributed by atoms with Gasteiger partial charge in [0, 0.05) is 6.42 Å². The van der Waals surface area contributed by atoms with E-state index in [4.69, 9.17) is 9.84 Å². The number of carboxylic acid groups (broad SMARTS) is 1. The summed E-state index contributed by atoms with van der Waals surface area (Å²) in [7, 11) is 1.29. The molecule has 0 unspecified atom stereocenters. The lowest BCUT2D eigenvalue weighted by Gasteiger charge is -2.09. The lowest BCUT2D eigenvalue weighted by atomic mass is 10.1. The zero-order valence-corrected chi connectivity index (χ0v) is 8.16. The van der Waals surface area contributed by atoms with Gasteiger partial charge in [0.2, 0.25) is 0 Å². The molecular formula is C10H11FO4. The van der Waals surface area contributed by atoms with E-state index < -0.39 is 17.5 Å². The Balaban J connectivity index is 2.97. The maximum absolute atomic E-state index is 12.9. The van der Waals surface area contributed by atoms with Crippen LogP contribution in [0.15, 0.2) is 12.1 Å². The molecule has 0 amide bonds. The molecule has 0 aliphatic rings. The summed E-state index contributed by atoms with van der Waals surface area (Å²) >= 11 is 0. The predicted octanol–water partition coefficient (Wildman–Crippen LogP) is 1.56. The Morgan fingerprint density at radius 1 is 1.53 bits per heavy atom. The quantitative estimate of drug-likeness (QED) is 0.798. The first-order chi connectivity index (χ1) is 7.06. The summed E-state index contributed by atoms with van der Waals surface area (Å²) in [4.78, 5) is 10.3. The average Bonchev–Trinajstić information content (AvgIpc) is 2.19. The molecule has 0 radical (unpaired) electrons. The fourth-order valence-corrected chi connectivity index (χ4v) is 1.26. The topological polar surface area (TPSA) is 66.8 Å². The van der Waals surface area contributed by atoms with Crippen LogP contribution in [0.2, 0.25) is 0 Å². The van der Waals surface area contributed by atoms with Crippen molar-refractivity contribution in [1.29, 1.82) is 0 Å². The van der Waals surface area contributed by atoms with E-state index in [0.717, 1.165) is 6.07 Å². The molecule has 1 rings (SSSR count). The molecular weight excluding hydrogens is 203 g/mol. The van der Waals surface area contributed by atoms with Gasteiger partial charge >= 0.3 is 5.97 Å². The molecule has 1 aromatic carbocycles. The number of methoxy groups -OCH3 is 1. The van der Waals surface area contributed by atoms with Crippen LogP contribution in [0.1, 0.15) is 12.0 Å². The number of aryl methyl sites for hydroxylation is 1. The van der Waals surface area contributed by atoms with Gasteiger partial charge in [-0.15, -0.1) is 0 Å². The van der Waals surface area contributed by atoms with Crippen LogP contribution in [0.5, 0.6) is 11.5 Å². The van der Waals surface area contributed by atoms with Gasteiger partial charge < -0.3 is 14.9 Å². The Kier molecular flexibility index (Phi) is 3.49. The van der Waals surface area contributed by atoms with Crippen molar-refractivity contribution in [2.75, 3.05) is 7.11 Å². The third-order valence-electron chi connectivity index (χ3n) is 1.98. The molecule has 4 nitrogen and oxygen atoms in total. The Morgan fingerprint density at radius 3 is 2.73 bits per heavy atom. The van der Waals surface area contributed by atoms with Gasteiger partial charge in [-0.05, 0) is 18.1 Å². The number of aromatic hydroxyl groups is 1. The monoisotopic (exact) mass is 214 g/mol. The second kappa shape index (κ2) is 4.63. The molecule has 0 aliphatic heterocycles. The molecule has 15 heavy (non-hydrogen) atoms. The molecule has 0 fully saturated rings. The van der Waals surface area contributed by atoms with Crippen LogP contribution in [0, 0.1) is 5.82 Å². The number of hydrogen-bond acceptors (Lipinski definition) is 3. The lowest BCUT2D eigenvalue weighted by Crippen LogP contribution is -2.00. The van der Waals surface area contributed by atoms with Gasteiger partial charge in [0.1, 0.15) is 0 Å². The molecule has 0 saturated carbocycles. The molecule has 5 heteroatoms. The predicted molar refractivity (Wildman–Crippen MR) is 50.6 cm³/mol. The van der Waals surface area contributed by atoms with Crippen LogP contribution < -0.4 is 4.74 Å². The molecule has 0 saturated heterocycles. The van der Waals surface area contributed by atoms with E-state index in [0.29, 0.717) is 5.56 Å². The number of carbonyl (C=O) groups is 1. The van der Waals surface area contributed by atoms with E-state index in [2.05, 4.69) is 0 Å². The van der Waals surface area contributed by atoms with Crippen LogP contribution in [-0.4, -0.2) is 23.3 Å². The number of phenols is 1. The maximum Gasteiger partial charge on any atom is 0.303 e. The number of aliphatic carboxylic acids is 1. The molecule has 1 aromatic rings. The number of ether oxygens (including phenoxy) is 1. The minimum atomic E-state index is -0.958. The fraction of sp³-hybridized carbons (Fsp3) is 0.300. The fourth-order valence-electron chi connectivity index (χ4n) is 1.26. The van der Waals surface area contributed by atoms with E-state index in [1.54, 1.807) is 0 Å². The first-order valence-corrected chi connectivity index (χ1v) is 4.32. The Morgan fingerprint density at radius 2 is 2.20 bits per heavy atom. The smallest absolute Gasteiger partial charge is 0.303 e. The van der Waals surface area contributed by atoms with Gasteiger partial charge in [-0.25, -0.2) is 4.39 Å². The van der Waals surface area contributed by atoms with E-state index >= 15 is 0 Å². The Bertz CT molecular complexity index is 376. The van der Waals surface area contributed by atoms with Gasteiger partial charge in [-0.1, -0.05) is 6.07 Å². The maximum atomic E-state index is 12.9. The highest BCUT2D eigenvalue weighted by Crippen LogP contribution is 2.33. The normalized spacial score (nSPS) is 10.0. The molecule has 0 heterocycles. The molecule has 2 N–H and O–H groups in total. The SMILES string of the molecule is COc1c(CCC(=O)O)ccc(F)c1O. The van der Waals surface area contributed by atoms with Gasteiger partial charge in [0.05, 0.1) is 7.11 Å². The summed E-state index contributed by atoms with van der Waals surface area (Å²) in [6.45, 7) is 0. The summed E-state index contributed by atoms with van der Waals surface area (Å²) in [6.07, 6.45) is 0.0911. The van der Waals surface area contributed by atoms with Crippen molar-refractivity contribution in [2.24, 2.45) is 0 Å². The van der Waals surface area contributed by atoms with E-state index in [1.165, 1.54) is 13.2 Å². The number of carboxylic acids is 1. The molecule has 0 aromatic heterocycles. The van der Waals surface area contributed by atoms with Crippen LogP contribution in [-0.2, 0) is 11.2 Å². The number of halogens is 1. The van der Waals surface area contributed by atoms with Crippen LogP contribution in [0.25, 0.3) is 0 Å². The van der Waals surface area contributed by atoms with Crippen molar-refractivity contribution in [3.8, 4) is 11.5 Å². The summed E-state index contributed by atoms with van der Waals surface area (Å²) in [5, 5.41) is 17.8. The molecule has 82 valence electrons. The minimum Gasteiger partial charge on any atom is -0.502 e. The van der Waals surface area contributed by atoms with E-state index in [9.17, 15) is 14.3 Å². The largest absolute Gasteiger partial charge is 0.502 e. The number of rotatable bonds is 4. The van der Waals surface area contributed by atoms with Gasteiger partial charge in [0.15, 0.2) is 17.3 Å². The average molecular weight is 214 g/mol. The second-order valence-corrected chi connectivity index (χ2v) is 2.98.